The molecule has 4 bridgehead atoms. The fourth-order valence-electron chi connectivity index (χ4n) is 5.38. The Morgan fingerprint density at radius 1 is 1.09 bits per heavy atom. The number of fused-ring (bicyclic) bond motifs is 1. The number of rotatable bonds is 3. The second-order valence-corrected chi connectivity index (χ2v) is 7.72. The van der Waals surface area contributed by atoms with E-state index in [4.69, 9.17) is 4.74 Å². The van der Waals surface area contributed by atoms with E-state index >= 15 is 0 Å². The number of carbonyl (C=O) groups is 1. The molecule has 4 saturated carbocycles. The number of hydrogen-bond acceptors (Lipinski definition) is 2. The number of anilines is 1. The third-order valence-corrected chi connectivity index (χ3v) is 6.22. The maximum absolute atomic E-state index is 13.0. The summed E-state index contributed by atoms with van der Waals surface area (Å²) in [6.07, 6.45) is 8.68. The van der Waals surface area contributed by atoms with Gasteiger partial charge in [-0.3, -0.25) is 4.79 Å². The van der Waals surface area contributed by atoms with Crippen LogP contribution in [0.3, 0.4) is 0 Å². The van der Waals surface area contributed by atoms with Gasteiger partial charge in [0.1, 0.15) is 5.75 Å². The summed E-state index contributed by atoms with van der Waals surface area (Å²) in [6.45, 7) is 0. The Hall–Kier alpha value is -1.51. The zero-order chi connectivity index (χ0) is 15.2. The summed E-state index contributed by atoms with van der Waals surface area (Å²) in [7, 11) is 1.66. The molecule has 1 aromatic carbocycles. The third kappa shape index (κ3) is 2.41. The first-order valence-electron chi connectivity index (χ1n) is 8.62. The highest BCUT2D eigenvalue weighted by Gasteiger charge is 2.51. The molecule has 4 aliphatic carbocycles. The van der Waals surface area contributed by atoms with Gasteiger partial charge < -0.3 is 10.1 Å². The Kier molecular flexibility index (Phi) is 3.39. The highest BCUT2D eigenvalue weighted by molar-refractivity contribution is 5.95. The fourth-order valence-corrected chi connectivity index (χ4v) is 5.38. The van der Waals surface area contributed by atoms with Crippen LogP contribution in [0.2, 0.25) is 0 Å². The Morgan fingerprint density at radius 2 is 1.73 bits per heavy atom. The second kappa shape index (κ2) is 5.29. The first-order chi connectivity index (χ1) is 10.7. The lowest BCUT2D eigenvalue weighted by Gasteiger charge is -2.44. The van der Waals surface area contributed by atoms with E-state index in [0.717, 1.165) is 48.5 Å². The molecule has 0 aliphatic heterocycles. The first-order valence-corrected chi connectivity index (χ1v) is 8.62. The van der Waals surface area contributed by atoms with Crippen molar-refractivity contribution in [1.82, 2.24) is 0 Å². The van der Waals surface area contributed by atoms with Crippen molar-refractivity contribution < 1.29 is 9.53 Å². The van der Waals surface area contributed by atoms with Crippen LogP contribution in [0.5, 0.6) is 5.75 Å². The molecule has 3 heteroatoms. The van der Waals surface area contributed by atoms with E-state index in [1.54, 1.807) is 7.11 Å². The molecule has 0 heterocycles. The average molecular weight is 299 g/mol. The number of benzene rings is 1. The minimum Gasteiger partial charge on any atom is -0.497 e. The molecule has 118 valence electrons. The van der Waals surface area contributed by atoms with Crippen LogP contribution < -0.4 is 10.1 Å². The molecule has 3 nitrogen and oxygen atoms in total. The molecule has 2 atom stereocenters. The summed E-state index contributed by atoms with van der Waals surface area (Å²) < 4.78 is 5.18. The van der Waals surface area contributed by atoms with Crippen molar-refractivity contribution in [2.45, 2.75) is 44.9 Å². The van der Waals surface area contributed by atoms with Crippen LogP contribution in [-0.2, 0) is 4.79 Å². The topological polar surface area (TPSA) is 38.3 Å². The summed E-state index contributed by atoms with van der Waals surface area (Å²) in [5.41, 5.74) is 0.789. The molecule has 0 radical (unpaired) electrons. The highest BCUT2D eigenvalue weighted by Crippen LogP contribution is 2.57. The normalized spacial score (nSPS) is 36.0. The van der Waals surface area contributed by atoms with Gasteiger partial charge in [0.05, 0.1) is 12.5 Å². The quantitative estimate of drug-likeness (QED) is 0.906. The zero-order valence-electron chi connectivity index (χ0n) is 13.3. The van der Waals surface area contributed by atoms with E-state index < -0.39 is 0 Å². The van der Waals surface area contributed by atoms with Crippen LogP contribution in [0.25, 0.3) is 0 Å². The molecule has 0 saturated heterocycles. The smallest absolute Gasteiger partial charge is 0.230 e. The minimum atomic E-state index is -0.0985. The van der Waals surface area contributed by atoms with Crippen molar-refractivity contribution in [2.75, 3.05) is 12.4 Å². The van der Waals surface area contributed by atoms with Crippen molar-refractivity contribution in [1.29, 1.82) is 0 Å². The van der Waals surface area contributed by atoms with Crippen LogP contribution >= 0.6 is 0 Å². The van der Waals surface area contributed by atoms with Gasteiger partial charge in [-0.25, -0.2) is 0 Å². The number of hydrogen-bond donors (Lipinski definition) is 1. The summed E-state index contributed by atoms with van der Waals surface area (Å²) in [5, 5.41) is 3.18. The number of amides is 1. The average Bonchev–Trinajstić information content (AvgIpc) is 2.73. The van der Waals surface area contributed by atoms with Gasteiger partial charge in [0, 0.05) is 5.69 Å². The molecular formula is C19H25NO2. The van der Waals surface area contributed by atoms with E-state index in [1.165, 1.54) is 25.7 Å². The van der Waals surface area contributed by atoms with Crippen LogP contribution in [0.1, 0.15) is 44.9 Å². The van der Waals surface area contributed by atoms with Gasteiger partial charge in [-0.15, -0.1) is 0 Å². The first kappa shape index (κ1) is 14.1. The van der Waals surface area contributed by atoms with E-state index in [0.29, 0.717) is 0 Å². The van der Waals surface area contributed by atoms with Crippen molar-refractivity contribution in [2.24, 2.45) is 23.2 Å². The predicted octanol–water partition coefficient (Wildman–Crippen LogP) is 4.24. The van der Waals surface area contributed by atoms with Crippen molar-refractivity contribution >= 4 is 11.6 Å². The van der Waals surface area contributed by atoms with Crippen molar-refractivity contribution in [3.63, 3.8) is 0 Å². The molecule has 4 aliphatic rings. The predicted molar refractivity (Wildman–Crippen MR) is 86.8 cm³/mol. The Labute approximate surface area is 132 Å². The van der Waals surface area contributed by atoms with E-state index in [-0.39, 0.29) is 11.3 Å². The number of methoxy groups -OCH3 is 1. The molecule has 1 N–H and O–H groups in total. The molecule has 2 unspecified atom stereocenters. The monoisotopic (exact) mass is 299 g/mol. The number of nitrogens with one attached hydrogen (secondary N) is 1. The Bertz CT molecular complexity index is 551. The maximum Gasteiger partial charge on any atom is 0.230 e. The highest BCUT2D eigenvalue weighted by atomic mass is 16.5. The van der Waals surface area contributed by atoms with Gasteiger partial charge in [-0.1, -0.05) is 0 Å². The van der Waals surface area contributed by atoms with Gasteiger partial charge in [-0.2, -0.15) is 0 Å². The van der Waals surface area contributed by atoms with Crippen LogP contribution in [-0.4, -0.2) is 13.0 Å². The standard InChI is InChI=1S/C19H25NO2/c1-22-17-4-2-16(3-5-17)20-18(21)19-7-6-13-8-14(11-19)10-15(9-13)12-19/h2-5,13-15H,6-12H2,1H3,(H,20,21). The van der Waals surface area contributed by atoms with Crippen molar-refractivity contribution in [3.05, 3.63) is 24.3 Å². The summed E-state index contributed by atoms with van der Waals surface area (Å²) in [5.74, 6) is 3.56. The van der Waals surface area contributed by atoms with Crippen LogP contribution in [0.4, 0.5) is 5.69 Å². The number of carbonyl (C=O) groups excluding carboxylic acids is 1. The van der Waals surface area contributed by atoms with Gasteiger partial charge in [-0.05, 0) is 87.0 Å². The fraction of sp³-hybridized carbons (Fsp3) is 0.632. The minimum absolute atomic E-state index is 0.0985. The Morgan fingerprint density at radius 3 is 2.36 bits per heavy atom. The zero-order valence-corrected chi connectivity index (χ0v) is 13.3. The molecule has 0 spiro atoms. The molecule has 1 amide bonds. The van der Waals surface area contributed by atoms with Gasteiger partial charge in [0.25, 0.3) is 0 Å². The van der Waals surface area contributed by atoms with Gasteiger partial charge in [0.2, 0.25) is 5.91 Å². The van der Waals surface area contributed by atoms with Crippen LogP contribution in [0, 0.1) is 23.2 Å². The molecule has 22 heavy (non-hydrogen) atoms. The molecule has 4 fully saturated rings. The van der Waals surface area contributed by atoms with E-state index in [1.807, 2.05) is 24.3 Å². The van der Waals surface area contributed by atoms with Crippen LogP contribution in [0.15, 0.2) is 24.3 Å². The van der Waals surface area contributed by atoms with Gasteiger partial charge >= 0.3 is 0 Å². The maximum atomic E-state index is 13.0. The lowest BCUT2D eigenvalue weighted by molar-refractivity contribution is -0.130. The molecule has 1 aromatic rings. The van der Waals surface area contributed by atoms with E-state index in [2.05, 4.69) is 5.32 Å². The summed E-state index contributed by atoms with van der Waals surface area (Å²) in [4.78, 5) is 13.0. The SMILES string of the molecule is COc1ccc(NC(=O)C23CCC4CC(CC(C4)C2)C3)cc1. The molecule has 5 rings (SSSR count). The summed E-state index contributed by atoms with van der Waals surface area (Å²) >= 11 is 0. The lowest BCUT2D eigenvalue weighted by atomic mass is 9.61. The van der Waals surface area contributed by atoms with E-state index in [9.17, 15) is 4.79 Å². The Balaban J connectivity index is 1.53. The third-order valence-electron chi connectivity index (χ3n) is 6.22. The summed E-state index contributed by atoms with van der Waals surface area (Å²) in [6, 6.07) is 7.68. The largest absolute Gasteiger partial charge is 0.497 e. The number of ether oxygens (including phenoxy) is 1. The molecular weight excluding hydrogens is 274 g/mol. The molecule has 0 aromatic heterocycles. The van der Waals surface area contributed by atoms with Crippen molar-refractivity contribution in [3.8, 4) is 5.75 Å². The second-order valence-electron chi connectivity index (χ2n) is 7.72. The lowest BCUT2D eigenvalue weighted by Crippen LogP contribution is -2.42. The van der Waals surface area contributed by atoms with Gasteiger partial charge in [0.15, 0.2) is 0 Å².